The van der Waals surface area contributed by atoms with Gasteiger partial charge in [-0.1, -0.05) is 13.8 Å². The van der Waals surface area contributed by atoms with Crippen LogP contribution in [-0.4, -0.2) is 36.2 Å². The molecule has 0 aromatic heterocycles. The van der Waals surface area contributed by atoms with E-state index in [9.17, 15) is 22.7 Å². The summed E-state index contributed by atoms with van der Waals surface area (Å²) in [5.41, 5.74) is -1.30. The van der Waals surface area contributed by atoms with Crippen LogP contribution in [0.25, 0.3) is 0 Å². The van der Waals surface area contributed by atoms with Gasteiger partial charge in [0.15, 0.2) is 11.6 Å². The van der Waals surface area contributed by atoms with E-state index in [1.807, 2.05) is 18.7 Å². The number of phenols is 1. The maximum Gasteiger partial charge on any atom is 0.416 e. The predicted octanol–water partition coefficient (Wildman–Crippen LogP) is 4.39. The molecule has 3 nitrogen and oxygen atoms in total. The molecule has 0 amide bonds. The molecule has 0 bridgehead atoms. The lowest BCUT2D eigenvalue weighted by Crippen LogP contribution is -2.45. The summed E-state index contributed by atoms with van der Waals surface area (Å²) in [5, 5.41) is 13.2. The van der Waals surface area contributed by atoms with Crippen LogP contribution in [0.3, 0.4) is 0 Å². The van der Waals surface area contributed by atoms with Gasteiger partial charge in [-0.15, -0.1) is 24.8 Å². The number of hydrogen-bond acceptors (Lipinski definition) is 3. The second-order valence-electron chi connectivity index (χ2n) is 6.29. The largest absolute Gasteiger partial charge is 0.505 e. The molecule has 1 atom stereocenters. The molecule has 1 heterocycles. The number of hydrogen-bond donors (Lipinski definition) is 2. The van der Waals surface area contributed by atoms with E-state index >= 15 is 0 Å². The monoisotopic (exact) mass is 406 g/mol. The maximum absolute atomic E-state index is 13.8. The van der Waals surface area contributed by atoms with Crippen LogP contribution in [0.5, 0.6) is 5.75 Å². The number of rotatable bonds is 4. The topological polar surface area (TPSA) is 35.5 Å². The Kier molecular flexibility index (Phi) is 9.51. The maximum atomic E-state index is 13.8. The van der Waals surface area contributed by atoms with Crippen LogP contribution in [0.4, 0.5) is 17.6 Å². The molecular weight excluding hydrogens is 383 g/mol. The van der Waals surface area contributed by atoms with Crippen LogP contribution in [0.15, 0.2) is 12.1 Å². The summed E-state index contributed by atoms with van der Waals surface area (Å²) < 4.78 is 53.8. The van der Waals surface area contributed by atoms with Crippen molar-refractivity contribution in [3.63, 3.8) is 0 Å². The van der Waals surface area contributed by atoms with Crippen molar-refractivity contribution in [2.75, 3.05) is 26.2 Å². The zero-order valence-electron chi connectivity index (χ0n) is 14.1. The third-order valence-corrected chi connectivity index (χ3v) is 4.09. The first-order chi connectivity index (χ1) is 10.7. The Morgan fingerprint density at radius 3 is 2.20 bits per heavy atom. The number of alkyl halides is 3. The number of benzene rings is 1. The molecular formula is C16H24Cl2F4N2O. The van der Waals surface area contributed by atoms with Crippen LogP contribution in [-0.2, 0) is 6.18 Å². The molecule has 9 heteroatoms. The molecule has 1 aliphatic rings. The minimum atomic E-state index is -4.64. The van der Waals surface area contributed by atoms with Crippen LogP contribution >= 0.6 is 24.8 Å². The van der Waals surface area contributed by atoms with Gasteiger partial charge in [-0.05, 0) is 24.5 Å². The Labute approximate surface area is 157 Å². The van der Waals surface area contributed by atoms with Gasteiger partial charge in [0, 0.05) is 37.8 Å². The summed E-state index contributed by atoms with van der Waals surface area (Å²) in [5.74, 6) is -1.79. The number of nitrogens with zero attached hydrogens (tertiary/aromatic N) is 1. The molecule has 0 aliphatic carbocycles. The molecule has 1 aromatic rings. The molecule has 1 saturated heterocycles. The first-order valence-electron chi connectivity index (χ1n) is 7.75. The van der Waals surface area contributed by atoms with Crippen LogP contribution in [0.1, 0.15) is 37.4 Å². The first-order valence-corrected chi connectivity index (χ1v) is 7.75. The average molecular weight is 407 g/mol. The number of nitrogens with one attached hydrogen (secondary N) is 1. The highest BCUT2D eigenvalue weighted by Crippen LogP contribution is 2.43. The fraction of sp³-hybridized carbons (Fsp3) is 0.625. The molecule has 2 N–H and O–H groups in total. The predicted molar refractivity (Wildman–Crippen MR) is 94.2 cm³/mol. The van der Waals surface area contributed by atoms with Crippen molar-refractivity contribution < 1.29 is 22.7 Å². The van der Waals surface area contributed by atoms with E-state index < -0.39 is 29.3 Å². The van der Waals surface area contributed by atoms with E-state index in [4.69, 9.17) is 0 Å². The van der Waals surface area contributed by atoms with Gasteiger partial charge in [0.05, 0.1) is 5.56 Å². The lowest BCUT2D eigenvalue weighted by molar-refractivity contribution is -0.139. The summed E-state index contributed by atoms with van der Waals surface area (Å²) in [4.78, 5) is 1.89. The Hall–Kier alpha value is -0.760. The minimum Gasteiger partial charge on any atom is -0.505 e. The van der Waals surface area contributed by atoms with E-state index in [1.165, 1.54) is 0 Å². The Morgan fingerprint density at radius 1 is 1.16 bits per heavy atom. The third-order valence-electron chi connectivity index (χ3n) is 4.09. The van der Waals surface area contributed by atoms with E-state index in [2.05, 4.69) is 5.32 Å². The number of aromatic hydroxyl groups is 1. The lowest BCUT2D eigenvalue weighted by atomic mass is 9.90. The van der Waals surface area contributed by atoms with Crippen molar-refractivity contribution >= 4 is 24.8 Å². The second-order valence-corrected chi connectivity index (χ2v) is 6.29. The lowest BCUT2D eigenvalue weighted by Gasteiger charge is -2.37. The zero-order valence-corrected chi connectivity index (χ0v) is 15.7. The van der Waals surface area contributed by atoms with Crippen molar-refractivity contribution in [3.8, 4) is 5.75 Å². The summed E-state index contributed by atoms with van der Waals surface area (Å²) in [6, 6.07) is 0.732. The fourth-order valence-corrected chi connectivity index (χ4v) is 3.06. The van der Waals surface area contributed by atoms with Crippen molar-refractivity contribution in [2.45, 2.75) is 32.5 Å². The zero-order chi connectivity index (χ0) is 17.2. The first kappa shape index (κ1) is 24.2. The standard InChI is InChI=1S/C16H22F4N2O.2ClH/c1-10(2)9-13(22-7-5-21-6-8-22)14-11(16(18,19)20)3-4-12(17)15(14)23;;/h3-4,10,13,21,23H,5-9H2,1-2H3;2*1H/t13-;;/m0../s1. The van der Waals surface area contributed by atoms with Crippen molar-refractivity contribution in [3.05, 3.63) is 29.1 Å². The highest BCUT2D eigenvalue weighted by Gasteiger charge is 2.39. The molecule has 25 heavy (non-hydrogen) atoms. The number of phenolic OH excluding ortho intramolecular Hbond substituents is 1. The Bertz CT molecular complexity index is 550. The van der Waals surface area contributed by atoms with E-state index in [0.29, 0.717) is 38.7 Å². The van der Waals surface area contributed by atoms with Crippen molar-refractivity contribution in [1.29, 1.82) is 0 Å². The van der Waals surface area contributed by atoms with E-state index in [-0.39, 0.29) is 36.3 Å². The van der Waals surface area contributed by atoms with Crippen molar-refractivity contribution in [1.82, 2.24) is 10.2 Å². The quantitative estimate of drug-likeness (QED) is 0.727. The average Bonchev–Trinajstić information content (AvgIpc) is 2.47. The fourth-order valence-electron chi connectivity index (χ4n) is 3.06. The molecule has 0 unspecified atom stereocenters. The van der Waals surface area contributed by atoms with Crippen LogP contribution < -0.4 is 5.32 Å². The highest BCUT2D eigenvalue weighted by molar-refractivity contribution is 5.85. The van der Waals surface area contributed by atoms with Crippen LogP contribution in [0, 0.1) is 11.7 Å². The Balaban J connectivity index is 0.00000288. The van der Waals surface area contributed by atoms with Gasteiger partial charge in [-0.3, -0.25) is 4.90 Å². The Morgan fingerprint density at radius 2 is 1.72 bits per heavy atom. The molecule has 0 radical (unpaired) electrons. The second kappa shape index (κ2) is 9.80. The molecule has 1 aromatic carbocycles. The minimum absolute atomic E-state index is 0. The van der Waals surface area contributed by atoms with Gasteiger partial charge < -0.3 is 10.4 Å². The summed E-state index contributed by atoms with van der Waals surface area (Å²) in [7, 11) is 0. The summed E-state index contributed by atoms with van der Waals surface area (Å²) >= 11 is 0. The third kappa shape index (κ3) is 5.88. The van der Waals surface area contributed by atoms with Gasteiger partial charge in [0.25, 0.3) is 0 Å². The number of piperazine rings is 1. The van der Waals surface area contributed by atoms with E-state index in [0.717, 1.165) is 6.07 Å². The molecule has 0 saturated carbocycles. The van der Waals surface area contributed by atoms with Gasteiger partial charge >= 0.3 is 6.18 Å². The SMILES string of the molecule is CC(C)C[C@@H](c1c(C(F)(F)F)ccc(F)c1O)N1CCNCC1.Cl.Cl. The van der Waals surface area contributed by atoms with Gasteiger partial charge in [-0.2, -0.15) is 13.2 Å². The smallest absolute Gasteiger partial charge is 0.416 e. The van der Waals surface area contributed by atoms with Gasteiger partial charge in [0.2, 0.25) is 0 Å². The normalized spacial score (nSPS) is 16.9. The molecule has 1 fully saturated rings. The highest BCUT2D eigenvalue weighted by atomic mass is 35.5. The summed E-state index contributed by atoms with van der Waals surface area (Å²) in [6.07, 6.45) is -4.22. The number of halogens is 6. The van der Waals surface area contributed by atoms with Gasteiger partial charge in [-0.25, -0.2) is 4.39 Å². The molecule has 2 rings (SSSR count). The summed E-state index contributed by atoms with van der Waals surface area (Å²) in [6.45, 7) is 6.24. The van der Waals surface area contributed by atoms with Gasteiger partial charge in [0.1, 0.15) is 0 Å². The van der Waals surface area contributed by atoms with Crippen molar-refractivity contribution in [2.24, 2.45) is 5.92 Å². The van der Waals surface area contributed by atoms with Crippen LogP contribution in [0.2, 0.25) is 0 Å². The molecule has 0 spiro atoms. The molecule has 146 valence electrons. The van der Waals surface area contributed by atoms with E-state index in [1.54, 1.807) is 0 Å². The molecule has 1 aliphatic heterocycles.